The summed E-state index contributed by atoms with van der Waals surface area (Å²) in [5.41, 5.74) is 8.52. The second-order valence-corrected chi connectivity index (χ2v) is 4.15. The summed E-state index contributed by atoms with van der Waals surface area (Å²) in [6, 6.07) is 11.6. The van der Waals surface area contributed by atoms with Crippen LogP contribution in [-0.4, -0.2) is 19.8 Å². The number of hydrogen-bond acceptors (Lipinski definition) is 4. The zero-order valence-corrected chi connectivity index (χ0v) is 9.82. The van der Waals surface area contributed by atoms with Crippen molar-refractivity contribution in [2.75, 3.05) is 5.73 Å². The minimum Gasteiger partial charge on any atom is -0.399 e. The molecule has 0 saturated carbocycles. The Kier molecular flexibility index (Phi) is 2.64. The third-order valence-corrected chi connectivity index (χ3v) is 2.83. The maximum atomic E-state index is 5.75. The highest BCUT2D eigenvalue weighted by molar-refractivity contribution is 5.41. The van der Waals surface area contributed by atoms with Crippen molar-refractivity contribution in [3.05, 3.63) is 54.0 Å². The van der Waals surface area contributed by atoms with Gasteiger partial charge in [-0.25, -0.2) is 0 Å². The van der Waals surface area contributed by atoms with E-state index in [-0.39, 0.29) is 0 Å². The first-order chi connectivity index (χ1) is 8.83. The predicted molar refractivity (Wildman–Crippen MR) is 69.0 cm³/mol. The molecular formula is C13H13N5. The fourth-order valence-electron chi connectivity index (χ4n) is 1.95. The highest BCUT2D eigenvalue weighted by atomic mass is 15.4. The first kappa shape index (κ1) is 10.7. The lowest BCUT2D eigenvalue weighted by molar-refractivity contribution is 0.783. The molecule has 2 N–H and O–H groups in total. The van der Waals surface area contributed by atoms with Gasteiger partial charge in [-0.05, 0) is 36.2 Å². The summed E-state index contributed by atoms with van der Waals surface area (Å²) in [5, 5.41) is 12.5. The number of anilines is 1. The van der Waals surface area contributed by atoms with Crippen molar-refractivity contribution >= 4 is 11.3 Å². The maximum Gasteiger partial charge on any atom is 0.177 e. The Morgan fingerprint density at radius 3 is 2.89 bits per heavy atom. The van der Waals surface area contributed by atoms with Crippen LogP contribution in [0, 0.1) is 0 Å². The van der Waals surface area contributed by atoms with E-state index < -0.39 is 0 Å². The van der Waals surface area contributed by atoms with Crippen LogP contribution in [0.25, 0.3) is 5.65 Å². The third-order valence-electron chi connectivity index (χ3n) is 2.83. The highest BCUT2D eigenvalue weighted by Gasteiger charge is 2.05. The zero-order valence-electron chi connectivity index (χ0n) is 9.82. The molecule has 90 valence electrons. The van der Waals surface area contributed by atoms with Crippen LogP contribution in [0.15, 0.2) is 42.6 Å². The topological polar surface area (TPSA) is 69.1 Å². The molecule has 2 aromatic heterocycles. The van der Waals surface area contributed by atoms with E-state index in [1.807, 2.05) is 30.3 Å². The summed E-state index contributed by atoms with van der Waals surface area (Å²) in [5.74, 6) is 0.869. The van der Waals surface area contributed by atoms with E-state index in [0.29, 0.717) is 0 Å². The van der Waals surface area contributed by atoms with Gasteiger partial charge in [-0.1, -0.05) is 12.1 Å². The van der Waals surface area contributed by atoms with Crippen LogP contribution in [0.5, 0.6) is 0 Å². The van der Waals surface area contributed by atoms with Gasteiger partial charge in [0, 0.05) is 18.3 Å². The van der Waals surface area contributed by atoms with Gasteiger partial charge in [-0.15, -0.1) is 10.2 Å². The molecular weight excluding hydrogens is 226 g/mol. The number of nitrogens with two attached hydrogens (primary N) is 1. The van der Waals surface area contributed by atoms with Crippen molar-refractivity contribution in [2.45, 2.75) is 12.8 Å². The number of fused-ring (bicyclic) bond motifs is 1. The van der Waals surface area contributed by atoms with Crippen LogP contribution in [0.3, 0.4) is 0 Å². The second-order valence-electron chi connectivity index (χ2n) is 4.15. The number of hydrogen-bond donors (Lipinski definition) is 1. The minimum atomic E-state index is 0.778. The van der Waals surface area contributed by atoms with Crippen LogP contribution in [0.4, 0.5) is 5.69 Å². The van der Waals surface area contributed by atoms with Crippen LogP contribution in [0.1, 0.15) is 11.4 Å². The fraction of sp³-hybridized carbons (Fsp3) is 0.154. The molecule has 0 aliphatic carbocycles. The normalized spacial score (nSPS) is 10.9. The van der Waals surface area contributed by atoms with E-state index in [1.165, 1.54) is 5.56 Å². The molecule has 0 saturated heterocycles. The third kappa shape index (κ3) is 2.02. The molecule has 0 aliphatic heterocycles. The van der Waals surface area contributed by atoms with Gasteiger partial charge in [0.1, 0.15) is 0 Å². The highest BCUT2D eigenvalue weighted by Crippen LogP contribution is 2.10. The smallest absolute Gasteiger partial charge is 0.177 e. The number of aryl methyl sites for hydroxylation is 2. The minimum absolute atomic E-state index is 0.778. The van der Waals surface area contributed by atoms with Gasteiger partial charge in [-0.3, -0.25) is 0 Å². The first-order valence-electron chi connectivity index (χ1n) is 5.83. The van der Waals surface area contributed by atoms with Gasteiger partial charge >= 0.3 is 0 Å². The summed E-state index contributed by atoms with van der Waals surface area (Å²) >= 11 is 0. The Bertz CT molecular complexity index is 674. The molecule has 5 heteroatoms. The Balaban J connectivity index is 1.81. The van der Waals surface area contributed by atoms with Crippen molar-refractivity contribution in [1.29, 1.82) is 0 Å². The van der Waals surface area contributed by atoms with Crippen molar-refractivity contribution < 1.29 is 0 Å². The average Bonchev–Trinajstić information content (AvgIpc) is 2.80. The van der Waals surface area contributed by atoms with E-state index in [9.17, 15) is 0 Å². The molecule has 0 unspecified atom stereocenters. The van der Waals surface area contributed by atoms with Crippen molar-refractivity contribution in [3.63, 3.8) is 0 Å². The summed E-state index contributed by atoms with van der Waals surface area (Å²) < 4.78 is 1.77. The van der Waals surface area contributed by atoms with Gasteiger partial charge in [0.25, 0.3) is 0 Å². The van der Waals surface area contributed by atoms with Gasteiger partial charge in [0.05, 0.1) is 0 Å². The molecule has 0 bridgehead atoms. The molecule has 3 rings (SSSR count). The Labute approximate surface area is 104 Å². The zero-order chi connectivity index (χ0) is 12.4. The Morgan fingerprint density at radius 1 is 1.06 bits per heavy atom. The van der Waals surface area contributed by atoms with E-state index in [0.717, 1.165) is 30.0 Å². The number of aromatic nitrogens is 4. The number of nitrogen functional groups attached to an aromatic ring is 1. The Morgan fingerprint density at radius 2 is 2.00 bits per heavy atom. The number of benzene rings is 1. The lowest BCUT2D eigenvalue weighted by atomic mass is 10.1. The molecule has 3 aromatic rings. The lowest BCUT2D eigenvalue weighted by Gasteiger charge is -2.01. The Hall–Kier alpha value is -2.43. The fourth-order valence-corrected chi connectivity index (χ4v) is 1.95. The first-order valence-corrected chi connectivity index (χ1v) is 5.83. The van der Waals surface area contributed by atoms with Crippen molar-refractivity contribution in [2.24, 2.45) is 0 Å². The largest absolute Gasteiger partial charge is 0.399 e. The molecule has 1 aromatic carbocycles. The van der Waals surface area contributed by atoms with Gasteiger partial charge in [-0.2, -0.15) is 9.61 Å². The number of rotatable bonds is 3. The lowest BCUT2D eigenvalue weighted by Crippen LogP contribution is -2.00. The summed E-state index contributed by atoms with van der Waals surface area (Å²) in [6.45, 7) is 0. The second kappa shape index (κ2) is 4.44. The molecule has 0 radical (unpaired) electrons. The summed E-state index contributed by atoms with van der Waals surface area (Å²) in [7, 11) is 0. The van der Waals surface area contributed by atoms with Crippen LogP contribution in [-0.2, 0) is 12.8 Å². The van der Waals surface area contributed by atoms with Crippen LogP contribution in [0.2, 0.25) is 0 Å². The predicted octanol–water partition coefficient (Wildman–Crippen LogP) is 1.49. The van der Waals surface area contributed by atoms with Gasteiger partial charge < -0.3 is 5.73 Å². The van der Waals surface area contributed by atoms with Crippen molar-refractivity contribution in [1.82, 2.24) is 19.8 Å². The maximum absolute atomic E-state index is 5.75. The molecule has 0 atom stereocenters. The quantitative estimate of drug-likeness (QED) is 0.703. The van der Waals surface area contributed by atoms with Crippen molar-refractivity contribution in [3.8, 4) is 0 Å². The molecule has 0 aliphatic rings. The monoisotopic (exact) mass is 239 g/mol. The average molecular weight is 239 g/mol. The van der Waals surface area contributed by atoms with E-state index >= 15 is 0 Å². The molecule has 0 spiro atoms. The summed E-state index contributed by atoms with van der Waals surface area (Å²) in [6.07, 6.45) is 3.41. The van der Waals surface area contributed by atoms with E-state index in [4.69, 9.17) is 5.73 Å². The van der Waals surface area contributed by atoms with Gasteiger partial charge in [0.15, 0.2) is 11.5 Å². The standard InChI is InChI=1S/C13H13N5/c14-11-4-1-3-10(9-11)6-7-13-17-16-12-5-2-8-15-18(12)13/h1-5,8-9H,6-7,14H2. The molecule has 2 heterocycles. The van der Waals surface area contributed by atoms with E-state index in [2.05, 4.69) is 21.4 Å². The molecule has 0 amide bonds. The van der Waals surface area contributed by atoms with Crippen LogP contribution >= 0.6 is 0 Å². The summed E-state index contributed by atoms with van der Waals surface area (Å²) in [4.78, 5) is 0. The van der Waals surface area contributed by atoms with E-state index in [1.54, 1.807) is 10.7 Å². The van der Waals surface area contributed by atoms with Crippen LogP contribution < -0.4 is 5.73 Å². The molecule has 0 fully saturated rings. The molecule has 18 heavy (non-hydrogen) atoms. The SMILES string of the molecule is Nc1cccc(CCc2nnc3cccnn23)c1. The van der Waals surface area contributed by atoms with Gasteiger partial charge in [0.2, 0.25) is 0 Å². The number of nitrogens with zero attached hydrogens (tertiary/aromatic N) is 4. The molecule has 5 nitrogen and oxygen atoms in total.